The largest absolute Gasteiger partial charge is 0.395 e. The Labute approximate surface area is 175 Å². The van der Waals surface area contributed by atoms with E-state index in [0.717, 1.165) is 18.4 Å². The maximum absolute atomic E-state index is 12.9. The summed E-state index contributed by atoms with van der Waals surface area (Å²) < 4.78 is 3.09. The van der Waals surface area contributed by atoms with Crippen molar-refractivity contribution in [2.24, 2.45) is 11.5 Å². The molecule has 0 saturated carbocycles. The van der Waals surface area contributed by atoms with Crippen LogP contribution in [0.4, 0.5) is 5.69 Å². The second-order valence-electron chi connectivity index (χ2n) is 6.43. The summed E-state index contributed by atoms with van der Waals surface area (Å²) in [6, 6.07) is 5.53. The van der Waals surface area contributed by atoms with Crippen LogP contribution in [0.3, 0.4) is 0 Å². The van der Waals surface area contributed by atoms with Gasteiger partial charge in [0, 0.05) is 37.8 Å². The number of rotatable bonds is 12. The third kappa shape index (κ3) is 7.22. The molecule has 1 aromatic carbocycles. The number of primary amides is 1. The van der Waals surface area contributed by atoms with Gasteiger partial charge in [0.2, 0.25) is 17.7 Å². The van der Waals surface area contributed by atoms with Gasteiger partial charge in [-0.1, -0.05) is 6.92 Å². The molecule has 2 unspecified atom stereocenters. The van der Waals surface area contributed by atoms with Crippen molar-refractivity contribution < 1.29 is 19.5 Å². The van der Waals surface area contributed by atoms with Crippen molar-refractivity contribution in [1.82, 2.24) is 9.80 Å². The summed E-state index contributed by atoms with van der Waals surface area (Å²) in [5.41, 5.74) is 12.6. The van der Waals surface area contributed by atoms with Crippen LogP contribution >= 0.6 is 11.9 Å². The summed E-state index contributed by atoms with van der Waals surface area (Å²) in [6.45, 7) is 6.04. The molecular formula is C19H31N5O4S. The van der Waals surface area contributed by atoms with Crippen LogP contribution in [0.1, 0.15) is 37.6 Å². The molecule has 162 valence electrons. The molecule has 9 nitrogen and oxygen atoms in total. The number of aliphatic hydroxyl groups excluding tert-OH is 1. The quantitative estimate of drug-likeness (QED) is 0.284. The lowest BCUT2D eigenvalue weighted by atomic mass is 10.2. The number of hydrogen-bond acceptors (Lipinski definition) is 7. The Hall–Kier alpha value is -2.30. The van der Waals surface area contributed by atoms with Crippen LogP contribution in [0.5, 0.6) is 0 Å². The molecular weight excluding hydrogens is 394 g/mol. The predicted octanol–water partition coefficient (Wildman–Crippen LogP) is 0.598. The highest BCUT2D eigenvalue weighted by Crippen LogP contribution is 2.23. The van der Waals surface area contributed by atoms with E-state index in [2.05, 4.69) is 4.72 Å². The first kappa shape index (κ1) is 24.7. The maximum Gasteiger partial charge on any atom is 0.248 e. The lowest BCUT2D eigenvalue weighted by Crippen LogP contribution is -2.56. The summed E-state index contributed by atoms with van der Waals surface area (Å²) >= 11 is 1.14. The van der Waals surface area contributed by atoms with Crippen LogP contribution in [0, 0.1) is 0 Å². The van der Waals surface area contributed by atoms with Crippen LogP contribution in [0.25, 0.3) is 0 Å². The third-order valence-electron chi connectivity index (χ3n) is 4.29. The van der Waals surface area contributed by atoms with Crippen LogP contribution in [-0.2, 0) is 9.59 Å². The van der Waals surface area contributed by atoms with Gasteiger partial charge in [-0.15, -0.1) is 0 Å². The Morgan fingerprint density at radius 3 is 2.24 bits per heavy atom. The van der Waals surface area contributed by atoms with Crippen molar-refractivity contribution in [3.8, 4) is 0 Å². The molecule has 29 heavy (non-hydrogen) atoms. The van der Waals surface area contributed by atoms with Gasteiger partial charge in [-0.05, 0) is 49.6 Å². The molecule has 10 heteroatoms. The van der Waals surface area contributed by atoms with E-state index in [1.54, 1.807) is 24.3 Å². The van der Waals surface area contributed by atoms with Crippen molar-refractivity contribution in [2.45, 2.75) is 38.6 Å². The fraction of sp³-hybridized carbons (Fsp3) is 0.526. The van der Waals surface area contributed by atoms with Crippen molar-refractivity contribution in [3.63, 3.8) is 0 Å². The van der Waals surface area contributed by atoms with Crippen LogP contribution in [-0.4, -0.2) is 70.3 Å². The number of nitrogens with one attached hydrogen (secondary N) is 1. The Kier molecular flexibility index (Phi) is 10.5. The van der Waals surface area contributed by atoms with E-state index in [1.807, 2.05) is 13.8 Å². The van der Waals surface area contributed by atoms with Crippen molar-refractivity contribution in [3.05, 3.63) is 29.8 Å². The zero-order chi connectivity index (χ0) is 22.0. The topological polar surface area (TPSA) is 142 Å². The molecule has 0 spiro atoms. The monoisotopic (exact) mass is 425 g/mol. The number of hydrogen-bond donors (Lipinski definition) is 4. The Morgan fingerprint density at radius 1 is 1.17 bits per heavy atom. The van der Waals surface area contributed by atoms with E-state index >= 15 is 0 Å². The Bertz CT molecular complexity index is 680. The van der Waals surface area contributed by atoms with E-state index in [0.29, 0.717) is 24.3 Å². The average Bonchev–Trinajstić information content (AvgIpc) is 2.69. The van der Waals surface area contributed by atoms with Gasteiger partial charge >= 0.3 is 0 Å². The first-order valence-electron chi connectivity index (χ1n) is 9.50. The number of nitrogens with two attached hydrogens (primary N) is 2. The smallest absolute Gasteiger partial charge is 0.248 e. The maximum atomic E-state index is 12.9. The summed E-state index contributed by atoms with van der Waals surface area (Å²) in [6.07, 6.45) is 0.727. The number of carbonyl (C=O) groups excluding carboxylic acids is 3. The molecule has 2 atom stereocenters. The molecule has 0 aliphatic rings. The molecule has 0 aliphatic carbocycles. The number of carbonyl (C=O) groups is 3. The second kappa shape index (κ2) is 12.3. The van der Waals surface area contributed by atoms with E-state index in [9.17, 15) is 19.5 Å². The van der Waals surface area contributed by atoms with Gasteiger partial charge in [0.1, 0.15) is 11.4 Å². The van der Waals surface area contributed by atoms with Gasteiger partial charge in [-0.25, -0.2) is 0 Å². The lowest BCUT2D eigenvalue weighted by Gasteiger charge is -2.35. The van der Waals surface area contributed by atoms with E-state index in [-0.39, 0.29) is 25.0 Å². The van der Waals surface area contributed by atoms with Gasteiger partial charge in [-0.3, -0.25) is 14.4 Å². The molecule has 0 radical (unpaired) electrons. The second-order valence-corrected chi connectivity index (χ2v) is 7.35. The minimum absolute atomic E-state index is 0.162. The van der Waals surface area contributed by atoms with Crippen molar-refractivity contribution in [2.75, 3.05) is 31.0 Å². The standard InChI is InChI=1S/C19H31N5O4S/c1-4-10-23(11-12-25)18(28)16(20)19(24(5-2)13(3)26)29-22-15-8-6-14(7-9-15)17(21)27/h6-9,16,19,22,25H,4-5,10-12,20H2,1-3H3,(H2,21,27). The normalized spacial score (nSPS) is 12.7. The number of nitrogens with zero attached hydrogens (tertiary/aromatic N) is 2. The minimum Gasteiger partial charge on any atom is -0.395 e. The molecule has 0 bridgehead atoms. The average molecular weight is 426 g/mol. The van der Waals surface area contributed by atoms with Gasteiger partial charge in [0.15, 0.2) is 0 Å². The molecule has 3 amide bonds. The molecule has 0 aromatic heterocycles. The highest BCUT2D eigenvalue weighted by Gasteiger charge is 2.34. The van der Waals surface area contributed by atoms with E-state index in [1.165, 1.54) is 16.7 Å². The highest BCUT2D eigenvalue weighted by molar-refractivity contribution is 8.01. The summed E-state index contributed by atoms with van der Waals surface area (Å²) in [5, 5.41) is 8.57. The fourth-order valence-corrected chi connectivity index (χ4v) is 3.88. The third-order valence-corrected chi connectivity index (χ3v) is 5.43. The predicted molar refractivity (Wildman–Crippen MR) is 115 cm³/mol. The molecule has 1 aromatic rings. The van der Waals surface area contributed by atoms with Crippen LogP contribution in [0.15, 0.2) is 24.3 Å². The number of anilines is 1. The number of amides is 3. The molecule has 0 aliphatic heterocycles. The van der Waals surface area contributed by atoms with Gasteiger partial charge < -0.3 is 31.1 Å². The Balaban J connectivity index is 3.01. The van der Waals surface area contributed by atoms with Gasteiger partial charge in [0.05, 0.1) is 6.61 Å². The fourth-order valence-electron chi connectivity index (χ4n) is 2.80. The van der Waals surface area contributed by atoms with Crippen LogP contribution < -0.4 is 16.2 Å². The number of likely N-dealkylation sites (N-methyl/N-ethyl adjacent to an activating group) is 1. The van der Waals surface area contributed by atoms with Gasteiger partial charge in [0.25, 0.3) is 0 Å². The van der Waals surface area contributed by atoms with E-state index < -0.39 is 17.3 Å². The summed E-state index contributed by atoms with van der Waals surface area (Å²) in [5.74, 6) is -1.06. The van der Waals surface area contributed by atoms with Crippen LogP contribution in [0.2, 0.25) is 0 Å². The molecule has 0 fully saturated rings. The number of benzene rings is 1. The zero-order valence-corrected chi connectivity index (χ0v) is 17.9. The van der Waals surface area contributed by atoms with Crippen molar-refractivity contribution in [1.29, 1.82) is 0 Å². The summed E-state index contributed by atoms with van der Waals surface area (Å²) in [7, 11) is 0. The van der Waals surface area contributed by atoms with Gasteiger partial charge in [-0.2, -0.15) is 0 Å². The highest BCUT2D eigenvalue weighted by atomic mass is 32.2. The minimum atomic E-state index is -0.987. The SMILES string of the molecule is CCCN(CCO)C(=O)C(N)C(SNc1ccc(C(N)=O)cc1)N(CC)C(C)=O. The summed E-state index contributed by atoms with van der Waals surface area (Å²) in [4.78, 5) is 39.2. The first-order chi connectivity index (χ1) is 13.8. The Morgan fingerprint density at radius 2 is 1.79 bits per heavy atom. The van der Waals surface area contributed by atoms with E-state index in [4.69, 9.17) is 11.5 Å². The lowest BCUT2D eigenvalue weighted by molar-refractivity contribution is -0.136. The molecule has 6 N–H and O–H groups in total. The molecule has 0 heterocycles. The first-order valence-corrected chi connectivity index (χ1v) is 10.4. The zero-order valence-electron chi connectivity index (χ0n) is 17.1. The molecule has 0 saturated heterocycles. The number of aliphatic hydroxyl groups is 1. The molecule has 1 rings (SSSR count). The van der Waals surface area contributed by atoms with Crippen molar-refractivity contribution >= 4 is 35.4 Å².